The number of carbonyl (C=O) groups excluding carboxylic acids is 1. The lowest BCUT2D eigenvalue weighted by atomic mass is 9.74. The van der Waals surface area contributed by atoms with Crippen molar-refractivity contribution in [2.75, 3.05) is 0 Å². The second kappa shape index (κ2) is 5.20. The summed E-state index contributed by atoms with van der Waals surface area (Å²) in [5.74, 6) is -1.04. The minimum atomic E-state index is -0.872. The third-order valence-corrected chi connectivity index (χ3v) is 3.96. The molecule has 0 saturated heterocycles. The number of aromatic nitrogens is 2. The second-order valence-corrected chi connectivity index (χ2v) is 5.63. The van der Waals surface area contributed by atoms with Gasteiger partial charge in [-0.3, -0.25) is 9.59 Å². The fraction of sp³-hybridized carbons (Fsp3) is 0.400. The van der Waals surface area contributed by atoms with Crippen molar-refractivity contribution in [2.24, 2.45) is 0 Å². The molecule has 2 N–H and O–H groups in total. The monoisotopic (exact) mass is 287 g/mol. The molecule has 0 bridgehead atoms. The highest BCUT2D eigenvalue weighted by Gasteiger charge is 2.40. The first-order valence-corrected chi connectivity index (χ1v) is 7.02. The molecule has 6 heteroatoms. The van der Waals surface area contributed by atoms with Crippen LogP contribution in [0.4, 0.5) is 0 Å². The molecule has 0 unspecified atom stereocenters. The molecule has 21 heavy (non-hydrogen) atoms. The molecule has 3 rings (SSSR count). The fourth-order valence-electron chi connectivity index (χ4n) is 2.82. The molecule has 1 saturated carbocycles. The fourth-order valence-corrected chi connectivity index (χ4v) is 2.82. The Hall–Kier alpha value is -2.37. The minimum Gasteiger partial charge on any atom is -0.481 e. The van der Waals surface area contributed by atoms with E-state index in [2.05, 4.69) is 10.3 Å². The predicted molar refractivity (Wildman–Crippen MR) is 75.9 cm³/mol. The molecule has 1 aliphatic rings. The first-order chi connectivity index (χ1) is 10.1. The summed E-state index contributed by atoms with van der Waals surface area (Å²) >= 11 is 0. The summed E-state index contributed by atoms with van der Waals surface area (Å²) in [4.78, 5) is 27.4. The van der Waals surface area contributed by atoms with E-state index in [4.69, 9.17) is 5.11 Å². The lowest BCUT2D eigenvalue weighted by molar-refractivity contribution is -0.140. The quantitative estimate of drug-likeness (QED) is 0.870. The number of amides is 1. The minimum absolute atomic E-state index is 0.0100. The zero-order chi connectivity index (χ0) is 14.9. The average Bonchev–Trinajstić information content (AvgIpc) is 2.77. The smallest absolute Gasteiger partial charge is 0.305 e. The van der Waals surface area contributed by atoms with Gasteiger partial charge in [0.05, 0.1) is 24.1 Å². The van der Waals surface area contributed by atoms with E-state index in [0.717, 1.165) is 24.9 Å². The van der Waals surface area contributed by atoms with Gasteiger partial charge in [0.1, 0.15) is 5.65 Å². The number of hydrogen-bond acceptors (Lipinski definition) is 3. The Morgan fingerprint density at radius 3 is 2.81 bits per heavy atom. The number of nitrogens with one attached hydrogen (secondary N) is 1. The number of carbonyl (C=O) groups is 2. The maximum absolute atomic E-state index is 12.1. The Bertz CT molecular complexity index is 655. The van der Waals surface area contributed by atoms with E-state index >= 15 is 0 Å². The van der Waals surface area contributed by atoms with Crippen LogP contribution in [-0.2, 0) is 16.0 Å². The van der Waals surface area contributed by atoms with E-state index < -0.39 is 11.5 Å². The Labute approximate surface area is 121 Å². The molecule has 0 spiro atoms. The highest BCUT2D eigenvalue weighted by Crippen LogP contribution is 2.34. The number of rotatable bonds is 5. The molecule has 0 atom stereocenters. The molecular formula is C15H17N3O3. The molecule has 6 nitrogen and oxygen atoms in total. The van der Waals surface area contributed by atoms with Gasteiger partial charge >= 0.3 is 5.97 Å². The van der Waals surface area contributed by atoms with Crippen molar-refractivity contribution in [1.82, 2.24) is 14.7 Å². The van der Waals surface area contributed by atoms with Gasteiger partial charge in [0.2, 0.25) is 5.91 Å². The molecule has 0 aromatic carbocycles. The van der Waals surface area contributed by atoms with Crippen LogP contribution in [-0.4, -0.2) is 31.9 Å². The van der Waals surface area contributed by atoms with Crippen molar-refractivity contribution in [3.05, 3.63) is 36.3 Å². The normalized spacial score (nSPS) is 16.4. The van der Waals surface area contributed by atoms with E-state index in [0.29, 0.717) is 5.69 Å². The first-order valence-electron chi connectivity index (χ1n) is 7.02. The lowest BCUT2D eigenvalue weighted by Crippen LogP contribution is -2.55. The zero-order valence-electron chi connectivity index (χ0n) is 11.6. The highest BCUT2D eigenvalue weighted by molar-refractivity contribution is 5.80. The van der Waals surface area contributed by atoms with Crippen LogP contribution in [0.3, 0.4) is 0 Å². The van der Waals surface area contributed by atoms with Crippen LogP contribution in [0.25, 0.3) is 5.65 Å². The van der Waals surface area contributed by atoms with Gasteiger partial charge < -0.3 is 14.8 Å². The van der Waals surface area contributed by atoms with Crippen molar-refractivity contribution in [2.45, 2.75) is 37.6 Å². The Morgan fingerprint density at radius 1 is 1.38 bits per heavy atom. The summed E-state index contributed by atoms with van der Waals surface area (Å²) in [7, 11) is 0. The Morgan fingerprint density at radius 2 is 2.19 bits per heavy atom. The number of carboxylic acids is 1. The molecule has 110 valence electrons. The number of nitrogens with zero attached hydrogens (tertiary/aromatic N) is 2. The van der Waals surface area contributed by atoms with Gasteiger partial charge in [0.15, 0.2) is 0 Å². The van der Waals surface area contributed by atoms with Gasteiger partial charge in [0.25, 0.3) is 0 Å². The van der Waals surface area contributed by atoms with Crippen LogP contribution in [0, 0.1) is 0 Å². The largest absolute Gasteiger partial charge is 0.481 e. The second-order valence-electron chi connectivity index (χ2n) is 5.63. The topological polar surface area (TPSA) is 83.7 Å². The van der Waals surface area contributed by atoms with Gasteiger partial charge in [-0.25, -0.2) is 4.98 Å². The van der Waals surface area contributed by atoms with Crippen molar-refractivity contribution < 1.29 is 14.7 Å². The average molecular weight is 287 g/mol. The molecule has 2 aromatic rings. The molecule has 1 aliphatic carbocycles. The third kappa shape index (κ3) is 2.89. The summed E-state index contributed by atoms with van der Waals surface area (Å²) < 4.78 is 1.86. The van der Waals surface area contributed by atoms with Gasteiger partial charge in [-0.15, -0.1) is 0 Å². The molecule has 2 aromatic heterocycles. The standard InChI is InChI=1S/C15H17N3O3/c19-13(17-15(5-3-6-15)9-14(20)21)8-11-10-18-7-2-1-4-12(18)16-11/h1-2,4,7,10H,3,5-6,8-9H2,(H,17,19)(H,20,21). The highest BCUT2D eigenvalue weighted by atomic mass is 16.4. The van der Waals surface area contributed by atoms with Gasteiger partial charge in [-0.05, 0) is 31.4 Å². The number of fused-ring (bicyclic) bond motifs is 1. The number of pyridine rings is 1. The molecule has 2 heterocycles. The summed E-state index contributed by atoms with van der Waals surface area (Å²) in [6.45, 7) is 0. The van der Waals surface area contributed by atoms with Crippen LogP contribution >= 0.6 is 0 Å². The van der Waals surface area contributed by atoms with E-state index in [-0.39, 0.29) is 18.7 Å². The van der Waals surface area contributed by atoms with Crippen LogP contribution < -0.4 is 5.32 Å². The summed E-state index contributed by atoms with van der Waals surface area (Å²) in [5, 5.41) is 11.8. The number of carboxylic acid groups (broad SMARTS) is 1. The number of aliphatic carboxylic acids is 1. The van der Waals surface area contributed by atoms with Crippen molar-refractivity contribution >= 4 is 17.5 Å². The lowest BCUT2D eigenvalue weighted by Gasteiger charge is -2.41. The van der Waals surface area contributed by atoms with E-state index in [1.165, 1.54) is 0 Å². The maximum atomic E-state index is 12.1. The van der Waals surface area contributed by atoms with Crippen LogP contribution in [0.1, 0.15) is 31.4 Å². The molecule has 0 aliphatic heterocycles. The van der Waals surface area contributed by atoms with Crippen molar-refractivity contribution in [1.29, 1.82) is 0 Å². The van der Waals surface area contributed by atoms with E-state index in [1.54, 1.807) is 0 Å². The van der Waals surface area contributed by atoms with Gasteiger partial charge in [-0.2, -0.15) is 0 Å². The Balaban J connectivity index is 1.67. The van der Waals surface area contributed by atoms with E-state index in [1.807, 2.05) is 35.0 Å². The predicted octanol–water partition coefficient (Wildman–Crippen LogP) is 1.39. The third-order valence-electron chi connectivity index (χ3n) is 3.96. The molecule has 0 radical (unpaired) electrons. The van der Waals surface area contributed by atoms with Crippen molar-refractivity contribution in [3.8, 4) is 0 Å². The maximum Gasteiger partial charge on any atom is 0.305 e. The van der Waals surface area contributed by atoms with E-state index in [9.17, 15) is 9.59 Å². The van der Waals surface area contributed by atoms with Crippen LogP contribution in [0.2, 0.25) is 0 Å². The molecular weight excluding hydrogens is 270 g/mol. The van der Waals surface area contributed by atoms with Crippen LogP contribution in [0.15, 0.2) is 30.6 Å². The molecule has 1 amide bonds. The number of imidazole rings is 1. The van der Waals surface area contributed by atoms with Crippen LogP contribution in [0.5, 0.6) is 0 Å². The van der Waals surface area contributed by atoms with Gasteiger partial charge in [0, 0.05) is 12.4 Å². The van der Waals surface area contributed by atoms with Gasteiger partial charge in [-0.1, -0.05) is 6.07 Å². The zero-order valence-corrected chi connectivity index (χ0v) is 11.6. The number of hydrogen-bond donors (Lipinski definition) is 2. The first kappa shape index (κ1) is 13.6. The molecule has 1 fully saturated rings. The van der Waals surface area contributed by atoms with Crippen molar-refractivity contribution in [3.63, 3.8) is 0 Å². The summed E-state index contributed by atoms with van der Waals surface area (Å²) in [6, 6.07) is 5.66. The summed E-state index contributed by atoms with van der Waals surface area (Å²) in [5.41, 5.74) is 0.926. The Kier molecular flexibility index (Phi) is 3.37. The summed E-state index contributed by atoms with van der Waals surface area (Å²) in [6.07, 6.45) is 6.28. The SMILES string of the molecule is O=C(O)CC1(NC(=O)Cc2cn3ccccc3n2)CCC1.